The molecule has 0 heterocycles. The third kappa shape index (κ3) is 56.9. The van der Waals surface area contributed by atoms with Crippen molar-refractivity contribution in [3.63, 3.8) is 0 Å². The van der Waals surface area contributed by atoms with Crippen molar-refractivity contribution in [1.82, 2.24) is 0 Å². The molecule has 0 aromatic rings. The van der Waals surface area contributed by atoms with Gasteiger partial charge in [-0.05, 0) is 38.5 Å². The average molecular weight is 886 g/mol. The number of hydrogen-bond acceptors (Lipinski definition) is 3. The monoisotopic (exact) mass is 885 g/mol. The van der Waals surface area contributed by atoms with Crippen LogP contribution in [-0.4, -0.2) is 11.9 Å². The molecule has 0 aliphatic rings. The molecule has 0 rings (SSSR count). The van der Waals surface area contributed by atoms with Crippen molar-refractivity contribution in [2.45, 2.75) is 361 Å². The van der Waals surface area contributed by atoms with Gasteiger partial charge in [-0.15, -0.1) is 0 Å². The van der Waals surface area contributed by atoms with E-state index >= 15 is 0 Å². The Hall–Kier alpha value is -1.12. The van der Waals surface area contributed by atoms with Gasteiger partial charge in [0.25, 0.3) is 0 Å². The predicted molar refractivity (Wildman–Crippen MR) is 281 cm³/mol. The van der Waals surface area contributed by atoms with Gasteiger partial charge in [-0.3, -0.25) is 9.59 Å². The zero-order chi connectivity index (χ0) is 45.5. The van der Waals surface area contributed by atoms with E-state index in [1.54, 1.807) is 0 Å². The lowest BCUT2D eigenvalue weighted by atomic mass is 10.0. The van der Waals surface area contributed by atoms with Gasteiger partial charge >= 0.3 is 11.9 Å². The van der Waals surface area contributed by atoms with Gasteiger partial charge in [-0.2, -0.15) is 0 Å². The molecule has 0 amide bonds. The second-order valence-corrected chi connectivity index (χ2v) is 20.4. The average Bonchev–Trinajstić information content (AvgIpc) is 3.28. The molecule has 0 N–H and O–H groups in total. The Morgan fingerprint density at radius 3 is 0.587 bits per heavy atom. The molecule has 0 atom stereocenters. The normalized spacial score (nSPS) is 11.7. The molecule has 3 heteroatoms. The molecule has 374 valence electrons. The summed E-state index contributed by atoms with van der Waals surface area (Å²) < 4.78 is 5.08. The van der Waals surface area contributed by atoms with Crippen LogP contribution < -0.4 is 0 Å². The largest absolute Gasteiger partial charge is 0.393 e. The minimum absolute atomic E-state index is 0.320. The lowest BCUT2D eigenvalue weighted by Crippen LogP contribution is -2.11. The lowest BCUT2D eigenvalue weighted by molar-refractivity contribution is -0.159. The van der Waals surface area contributed by atoms with Crippen LogP contribution in [0.1, 0.15) is 361 Å². The Balaban J connectivity index is 3.22. The van der Waals surface area contributed by atoms with E-state index in [4.69, 9.17) is 4.74 Å². The van der Waals surface area contributed by atoms with E-state index in [-0.39, 0.29) is 11.9 Å². The zero-order valence-electron chi connectivity index (χ0n) is 43.6. The maximum Gasteiger partial charge on any atom is 0.313 e. The van der Waals surface area contributed by atoms with Gasteiger partial charge in [0.15, 0.2) is 0 Å². The number of carbonyl (C=O) groups is 2. The Morgan fingerprint density at radius 1 is 0.238 bits per heavy atom. The van der Waals surface area contributed by atoms with E-state index in [1.165, 1.54) is 308 Å². The summed E-state index contributed by atoms with van der Waals surface area (Å²) in [5.74, 6) is -0.642. The van der Waals surface area contributed by atoms with Gasteiger partial charge in [0, 0.05) is 12.8 Å². The number of esters is 2. The highest BCUT2D eigenvalue weighted by Gasteiger charge is 2.10. The molecule has 0 saturated heterocycles. The van der Waals surface area contributed by atoms with E-state index in [1.807, 2.05) is 0 Å². The van der Waals surface area contributed by atoms with Crippen LogP contribution in [0.15, 0.2) is 12.2 Å². The van der Waals surface area contributed by atoms with Crippen LogP contribution in [-0.2, 0) is 14.3 Å². The molecule has 0 unspecified atom stereocenters. The molecule has 0 aromatic heterocycles. The SMILES string of the molecule is CCCCCCCC/C=C\CCCCCCCCCCCC(=O)OC(=O)CCCCCCCCCCCCCCCCCCCCCCCCCCCCCCCCCCCCC. The van der Waals surface area contributed by atoms with Crippen LogP contribution in [0.25, 0.3) is 0 Å². The number of ether oxygens (including phenoxy) is 1. The number of rotatable bonds is 55. The fourth-order valence-electron chi connectivity index (χ4n) is 9.45. The zero-order valence-corrected chi connectivity index (χ0v) is 43.6. The van der Waals surface area contributed by atoms with Crippen molar-refractivity contribution in [3.8, 4) is 0 Å². The van der Waals surface area contributed by atoms with Crippen LogP contribution in [0.2, 0.25) is 0 Å². The quantitative estimate of drug-likeness (QED) is 0.0265. The summed E-state index contributed by atoms with van der Waals surface area (Å²) in [6.07, 6.45) is 76.7. The van der Waals surface area contributed by atoms with Crippen molar-refractivity contribution in [2.24, 2.45) is 0 Å². The highest BCUT2D eigenvalue weighted by Crippen LogP contribution is 2.18. The molecule has 0 aliphatic carbocycles. The first kappa shape index (κ1) is 61.9. The van der Waals surface area contributed by atoms with Crippen LogP contribution in [0.5, 0.6) is 0 Å². The highest BCUT2D eigenvalue weighted by molar-refractivity contribution is 5.85. The molecule has 0 spiro atoms. The van der Waals surface area contributed by atoms with Gasteiger partial charge in [0.05, 0.1) is 0 Å². The standard InChI is InChI=1S/C60H116O3/c1-3-5-7-9-11-13-15-17-19-21-23-24-25-26-27-28-29-30-31-32-33-34-35-36-37-38-40-42-44-46-48-50-52-54-56-58-60(62)63-59(61)57-55-53-51-49-47-45-43-41-39-22-20-18-16-14-12-10-8-6-4-2/h18,20H,3-17,19,21-58H2,1-2H3/b20-18-. The van der Waals surface area contributed by atoms with Crippen molar-refractivity contribution < 1.29 is 14.3 Å². The van der Waals surface area contributed by atoms with Gasteiger partial charge < -0.3 is 4.74 Å². The fourth-order valence-corrected chi connectivity index (χ4v) is 9.45. The summed E-state index contributed by atoms with van der Waals surface area (Å²) in [5, 5.41) is 0. The smallest absolute Gasteiger partial charge is 0.313 e. The van der Waals surface area contributed by atoms with E-state index < -0.39 is 0 Å². The van der Waals surface area contributed by atoms with Gasteiger partial charge in [0.1, 0.15) is 0 Å². The Labute approximate surface area is 397 Å². The third-order valence-corrected chi connectivity index (χ3v) is 13.9. The van der Waals surface area contributed by atoms with Crippen LogP contribution >= 0.6 is 0 Å². The summed E-state index contributed by atoms with van der Waals surface area (Å²) in [7, 11) is 0. The summed E-state index contributed by atoms with van der Waals surface area (Å²) in [5.41, 5.74) is 0. The van der Waals surface area contributed by atoms with Gasteiger partial charge in [0.2, 0.25) is 0 Å². The van der Waals surface area contributed by atoms with E-state index in [0.29, 0.717) is 12.8 Å². The fraction of sp³-hybridized carbons (Fsp3) is 0.933. The van der Waals surface area contributed by atoms with E-state index in [9.17, 15) is 9.59 Å². The second kappa shape index (κ2) is 57.0. The first-order chi connectivity index (χ1) is 31.2. The Kier molecular flexibility index (Phi) is 56.0. The highest BCUT2D eigenvalue weighted by atomic mass is 16.6. The molecule has 0 saturated carbocycles. The number of allylic oxidation sites excluding steroid dienone is 2. The van der Waals surface area contributed by atoms with Crippen molar-refractivity contribution in [3.05, 3.63) is 12.2 Å². The topological polar surface area (TPSA) is 43.4 Å². The molecule has 63 heavy (non-hydrogen) atoms. The van der Waals surface area contributed by atoms with Crippen molar-refractivity contribution >= 4 is 11.9 Å². The van der Waals surface area contributed by atoms with Crippen molar-refractivity contribution in [1.29, 1.82) is 0 Å². The first-order valence-electron chi connectivity index (χ1n) is 29.6. The summed E-state index contributed by atoms with van der Waals surface area (Å²) in [6, 6.07) is 0. The van der Waals surface area contributed by atoms with Crippen LogP contribution in [0.3, 0.4) is 0 Å². The number of hydrogen-bond donors (Lipinski definition) is 0. The van der Waals surface area contributed by atoms with Crippen molar-refractivity contribution in [2.75, 3.05) is 0 Å². The Morgan fingerprint density at radius 2 is 0.397 bits per heavy atom. The number of carbonyl (C=O) groups excluding carboxylic acids is 2. The maximum atomic E-state index is 12.1. The molecule has 0 radical (unpaired) electrons. The molecule has 0 aromatic carbocycles. The summed E-state index contributed by atoms with van der Waals surface area (Å²) >= 11 is 0. The number of unbranched alkanes of at least 4 members (excludes halogenated alkanes) is 49. The summed E-state index contributed by atoms with van der Waals surface area (Å²) in [6.45, 7) is 4.59. The molecule has 0 fully saturated rings. The summed E-state index contributed by atoms with van der Waals surface area (Å²) in [4.78, 5) is 24.2. The van der Waals surface area contributed by atoms with Gasteiger partial charge in [-0.1, -0.05) is 321 Å². The molecular formula is C60H116O3. The lowest BCUT2D eigenvalue weighted by Gasteiger charge is -2.05. The molecule has 3 nitrogen and oxygen atoms in total. The minimum atomic E-state index is -0.322. The van der Waals surface area contributed by atoms with E-state index in [0.717, 1.165) is 25.7 Å². The van der Waals surface area contributed by atoms with Crippen LogP contribution in [0.4, 0.5) is 0 Å². The second-order valence-electron chi connectivity index (χ2n) is 20.4. The molecular weight excluding hydrogens is 769 g/mol. The minimum Gasteiger partial charge on any atom is -0.393 e. The molecule has 0 aliphatic heterocycles. The van der Waals surface area contributed by atoms with Gasteiger partial charge in [-0.25, -0.2) is 0 Å². The van der Waals surface area contributed by atoms with E-state index in [2.05, 4.69) is 26.0 Å². The first-order valence-corrected chi connectivity index (χ1v) is 29.6. The van der Waals surface area contributed by atoms with Crippen LogP contribution in [0, 0.1) is 0 Å². The molecule has 0 bridgehead atoms. The predicted octanol–water partition coefficient (Wildman–Crippen LogP) is 21.7. The Bertz CT molecular complexity index is 894. The maximum absolute atomic E-state index is 12.1. The third-order valence-electron chi connectivity index (χ3n) is 13.9.